The van der Waals surface area contributed by atoms with Gasteiger partial charge in [0.25, 0.3) is 0 Å². The van der Waals surface area contributed by atoms with E-state index in [2.05, 4.69) is 16.0 Å². The van der Waals surface area contributed by atoms with Crippen LogP contribution in [0.4, 0.5) is 0 Å². The van der Waals surface area contributed by atoms with Gasteiger partial charge in [0, 0.05) is 30.4 Å². The number of rotatable bonds is 4. The predicted octanol–water partition coefficient (Wildman–Crippen LogP) is 4.17. The molecule has 0 unspecified atom stereocenters. The van der Waals surface area contributed by atoms with E-state index in [1.165, 1.54) is 6.92 Å². The van der Waals surface area contributed by atoms with Crippen LogP contribution in [0.1, 0.15) is 25.1 Å². The molecule has 5 heteroatoms. The first kappa shape index (κ1) is 17.3. The van der Waals surface area contributed by atoms with Crippen molar-refractivity contribution in [3.8, 4) is 34.2 Å². The van der Waals surface area contributed by atoms with Crippen molar-refractivity contribution in [2.45, 2.75) is 20.3 Å². The summed E-state index contributed by atoms with van der Waals surface area (Å²) in [5, 5.41) is 9.63. The number of ether oxygens (including phenoxy) is 1. The number of esters is 1. The van der Waals surface area contributed by atoms with Crippen LogP contribution in [0.5, 0.6) is 5.75 Å². The van der Waals surface area contributed by atoms with Crippen LogP contribution in [0.2, 0.25) is 0 Å². The van der Waals surface area contributed by atoms with Crippen LogP contribution in [0, 0.1) is 11.3 Å². The lowest BCUT2D eigenvalue weighted by Gasteiger charge is -2.12. The fraction of sp³-hybridized carbons (Fsp3) is 0.143. The third-order valence-corrected chi connectivity index (χ3v) is 3.92. The highest BCUT2D eigenvalue weighted by Crippen LogP contribution is 2.31. The van der Waals surface area contributed by atoms with Gasteiger partial charge in [0.1, 0.15) is 11.8 Å². The highest BCUT2D eigenvalue weighted by molar-refractivity contribution is 5.77. The van der Waals surface area contributed by atoms with Gasteiger partial charge in [-0.1, -0.05) is 19.1 Å². The second-order valence-corrected chi connectivity index (χ2v) is 5.70. The van der Waals surface area contributed by atoms with Crippen LogP contribution in [-0.2, 0) is 11.2 Å². The molecule has 0 saturated carbocycles. The quantitative estimate of drug-likeness (QED) is 0.525. The zero-order valence-corrected chi connectivity index (χ0v) is 14.6. The summed E-state index contributed by atoms with van der Waals surface area (Å²) in [5.74, 6) is 0.0892. The van der Waals surface area contributed by atoms with Crippen molar-refractivity contribution in [3.63, 3.8) is 0 Å². The van der Waals surface area contributed by atoms with Crippen molar-refractivity contribution in [3.05, 3.63) is 66.1 Å². The number of pyridine rings is 2. The number of aromatic nitrogens is 2. The van der Waals surface area contributed by atoms with Crippen molar-refractivity contribution in [2.24, 2.45) is 0 Å². The Hall–Kier alpha value is -3.52. The first-order valence-corrected chi connectivity index (χ1v) is 8.25. The van der Waals surface area contributed by atoms with Crippen LogP contribution >= 0.6 is 0 Å². The van der Waals surface area contributed by atoms with E-state index in [0.29, 0.717) is 17.7 Å². The van der Waals surface area contributed by atoms with E-state index in [1.807, 2.05) is 37.3 Å². The minimum absolute atomic E-state index is 0.373. The molecule has 3 aromatic rings. The molecule has 2 heterocycles. The minimum atomic E-state index is -0.373. The van der Waals surface area contributed by atoms with Crippen molar-refractivity contribution in [1.29, 1.82) is 5.26 Å². The molecular weight excluding hydrogens is 326 g/mol. The van der Waals surface area contributed by atoms with Crippen molar-refractivity contribution >= 4 is 5.97 Å². The molecule has 128 valence electrons. The Labute approximate surface area is 151 Å². The fourth-order valence-electron chi connectivity index (χ4n) is 2.77. The Morgan fingerprint density at radius 3 is 2.58 bits per heavy atom. The predicted molar refractivity (Wildman–Crippen MR) is 98.3 cm³/mol. The van der Waals surface area contributed by atoms with E-state index >= 15 is 0 Å². The molecule has 0 N–H and O–H groups in total. The van der Waals surface area contributed by atoms with Gasteiger partial charge in [-0.2, -0.15) is 5.26 Å². The molecule has 2 aromatic heterocycles. The summed E-state index contributed by atoms with van der Waals surface area (Å²) in [6, 6.07) is 15.1. The van der Waals surface area contributed by atoms with E-state index in [-0.39, 0.29) is 5.97 Å². The molecule has 0 saturated heterocycles. The first-order valence-electron chi connectivity index (χ1n) is 8.25. The van der Waals surface area contributed by atoms with E-state index in [0.717, 1.165) is 28.1 Å². The summed E-state index contributed by atoms with van der Waals surface area (Å²) >= 11 is 0. The highest BCUT2D eigenvalue weighted by atomic mass is 16.5. The number of nitrogens with zero attached hydrogens (tertiary/aromatic N) is 3. The van der Waals surface area contributed by atoms with Gasteiger partial charge in [0.05, 0.1) is 17.0 Å². The molecular formula is C21H17N3O2. The van der Waals surface area contributed by atoms with Gasteiger partial charge >= 0.3 is 5.97 Å². The van der Waals surface area contributed by atoms with E-state index in [1.54, 1.807) is 24.5 Å². The summed E-state index contributed by atoms with van der Waals surface area (Å²) in [7, 11) is 0. The molecule has 0 bridgehead atoms. The van der Waals surface area contributed by atoms with Crippen LogP contribution in [0.25, 0.3) is 22.4 Å². The molecule has 0 radical (unpaired) electrons. The largest absolute Gasteiger partial charge is 0.427 e. The normalized spacial score (nSPS) is 10.2. The van der Waals surface area contributed by atoms with Crippen LogP contribution in [0.3, 0.4) is 0 Å². The molecule has 0 amide bonds. The molecule has 5 nitrogen and oxygen atoms in total. The molecule has 0 aliphatic heterocycles. The van der Waals surface area contributed by atoms with E-state index in [4.69, 9.17) is 4.74 Å². The Bertz CT molecular complexity index is 992. The third kappa shape index (κ3) is 3.60. The number of carbonyl (C=O) groups is 1. The number of nitriles is 1. The fourth-order valence-corrected chi connectivity index (χ4v) is 2.77. The maximum Gasteiger partial charge on any atom is 0.308 e. The topological polar surface area (TPSA) is 75.9 Å². The zero-order chi connectivity index (χ0) is 18.5. The van der Waals surface area contributed by atoms with Gasteiger partial charge in [-0.15, -0.1) is 0 Å². The second-order valence-electron chi connectivity index (χ2n) is 5.70. The Morgan fingerprint density at radius 2 is 1.92 bits per heavy atom. The van der Waals surface area contributed by atoms with Gasteiger partial charge < -0.3 is 4.74 Å². The van der Waals surface area contributed by atoms with Gasteiger partial charge in [0.2, 0.25) is 0 Å². The summed E-state index contributed by atoms with van der Waals surface area (Å²) in [6.45, 7) is 3.34. The SMILES string of the molecule is CCc1nc(-c2cccc(OC(C)=O)c2)cc(-c2ccncc2)c1C#N. The van der Waals surface area contributed by atoms with Crippen LogP contribution in [-0.4, -0.2) is 15.9 Å². The summed E-state index contributed by atoms with van der Waals surface area (Å²) in [5.41, 5.74) is 4.56. The smallest absolute Gasteiger partial charge is 0.308 e. The molecule has 0 fully saturated rings. The third-order valence-electron chi connectivity index (χ3n) is 3.92. The second kappa shape index (κ2) is 7.58. The van der Waals surface area contributed by atoms with Crippen LogP contribution in [0.15, 0.2) is 54.9 Å². The van der Waals surface area contributed by atoms with Crippen molar-refractivity contribution < 1.29 is 9.53 Å². The van der Waals surface area contributed by atoms with Gasteiger partial charge in [-0.25, -0.2) is 0 Å². The first-order chi connectivity index (χ1) is 12.6. The lowest BCUT2D eigenvalue weighted by Crippen LogP contribution is -2.02. The highest BCUT2D eigenvalue weighted by Gasteiger charge is 2.14. The number of benzene rings is 1. The number of carbonyl (C=O) groups excluding carboxylic acids is 1. The molecule has 3 rings (SSSR count). The monoisotopic (exact) mass is 343 g/mol. The summed E-state index contributed by atoms with van der Waals surface area (Å²) in [6.07, 6.45) is 4.03. The number of hydrogen-bond acceptors (Lipinski definition) is 5. The van der Waals surface area contributed by atoms with Gasteiger partial charge in [-0.3, -0.25) is 14.8 Å². The maximum absolute atomic E-state index is 11.2. The van der Waals surface area contributed by atoms with Crippen molar-refractivity contribution in [1.82, 2.24) is 9.97 Å². The lowest BCUT2D eigenvalue weighted by molar-refractivity contribution is -0.131. The Kier molecular flexibility index (Phi) is 5.04. The average Bonchev–Trinajstić information content (AvgIpc) is 2.67. The lowest BCUT2D eigenvalue weighted by atomic mass is 9.96. The summed E-state index contributed by atoms with van der Waals surface area (Å²) < 4.78 is 5.17. The number of aryl methyl sites for hydroxylation is 1. The molecule has 1 aromatic carbocycles. The molecule has 0 atom stereocenters. The van der Waals surface area contributed by atoms with Gasteiger partial charge in [0.15, 0.2) is 0 Å². The van der Waals surface area contributed by atoms with Crippen LogP contribution < -0.4 is 4.74 Å². The molecule has 0 spiro atoms. The molecule has 0 aliphatic carbocycles. The van der Waals surface area contributed by atoms with E-state index in [9.17, 15) is 10.1 Å². The standard InChI is InChI=1S/C21H17N3O2/c1-3-20-19(13-22)18(15-7-9-23-10-8-15)12-21(24-20)16-5-4-6-17(11-16)26-14(2)25/h4-12H,3H2,1-2H3. The minimum Gasteiger partial charge on any atom is -0.427 e. The molecule has 0 aliphatic rings. The van der Waals surface area contributed by atoms with Crippen molar-refractivity contribution in [2.75, 3.05) is 0 Å². The van der Waals surface area contributed by atoms with Gasteiger partial charge in [-0.05, 0) is 42.3 Å². The Morgan fingerprint density at radius 1 is 1.15 bits per heavy atom. The number of hydrogen-bond donors (Lipinski definition) is 0. The zero-order valence-electron chi connectivity index (χ0n) is 14.6. The average molecular weight is 343 g/mol. The summed E-state index contributed by atoms with van der Waals surface area (Å²) in [4.78, 5) is 19.9. The Balaban J connectivity index is 2.18. The molecule has 26 heavy (non-hydrogen) atoms. The maximum atomic E-state index is 11.2. The van der Waals surface area contributed by atoms with E-state index < -0.39 is 0 Å².